The maximum atomic E-state index is 12.6. The third-order valence-corrected chi connectivity index (χ3v) is 5.81. The summed E-state index contributed by atoms with van der Waals surface area (Å²) in [4.78, 5) is 39.1. The normalized spacial score (nSPS) is 18.3. The Morgan fingerprint density at radius 3 is 2.88 bits per heavy atom. The molecule has 2 aliphatic rings. The highest BCUT2D eigenvalue weighted by Gasteiger charge is 2.27. The molecule has 1 saturated heterocycles. The number of aromatic nitrogens is 2. The van der Waals surface area contributed by atoms with Crippen LogP contribution in [0, 0.1) is 0 Å². The number of hydrogen-bond acceptors (Lipinski definition) is 8. The Hall–Kier alpha value is -3.11. The lowest BCUT2D eigenvalue weighted by Gasteiger charge is -2.17. The van der Waals surface area contributed by atoms with Crippen LogP contribution in [-0.2, 0) is 34.1 Å². The molecule has 0 radical (unpaired) electrons. The van der Waals surface area contributed by atoms with Crippen molar-refractivity contribution in [2.45, 2.75) is 65.3 Å². The third kappa shape index (κ3) is 6.94. The molecule has 1 aromatic heterocycles. The van der Waals surface area contributed by atoms with Gasteiger partial charge in [0.1, 0.15) is 17.3 Å². The molecule has 10 heteroatoms. The summed E-state index contributed by atoms with van der Waals surface area (Å²) in [5.74, 6) is 0.107. The number of carbonyl (C=O) groups excluding carboxylic acids is 1. The van der Waals surface area contributed by atoms with E-state index in [2.05, 4.69) is 34.0 Å². The number of amides is 1. The van der Waals surface area contributed by atoms with Crippen molar-refractivity contribution in [1.29, 1.82) is 0 Å². The van der Waals surface area contributed by atoms with Gasteiger partial charge in [0, 0.05) is 37.5 Å². The van der Waals surface area contributed by atoms with Gasteiger partial charge in [-0.2, -0.15) is 0 Å². The van der Waals surface area contributed by atoms with E-state index in [-0.39, 0.29) is 23.2 Å². The summed E-state index contributed by atoms with van der Waals surface area (Å²) < 4.78 is 5.59. The van der Waals surface area contributed by atoms with E-state index < -0.39 is 5.97 Å². The molecule has 0 saturated carbocycles. The molecule has 3 heterocycles. The van der Waals surface area contributed by atoms with E-state index in [1.165, 1.54) is 12.8 Å². The molecule has 1 amide bonds. The van der Waals surface area contributed by atoms with Gasteiger partial charge in [0.2, 0.25) is 0 Å². The molecule has 1 unspecified atom stereocenters. The maximum Gasteiger partial charge on any atom is 0.336 e. The molecule has 0 spiro atoms. The van der Waals surface area contributed by atoms with Gasteiger partial charge in [0.05, 0.1) is 31.0 Å². The first kappa shape index (κ1) is 25.5. The Balaban J connectivity index is 1.56. The molecular formula is C24H34N6O4. The van der Waals surface area contributed by atoms with Crippen LogP contribution in [0.25, 0.3) is 0 Å². The molecule has 0 aliphatic carbocycles. The molecule has 3 N–H and O–H groups in total. The van der Waals surface area contributed by atoms with E-state index in [9.17, 15) is 9.59 Å². The molecule has 0 bridgehead atoms. The number of aliphatic imine (C=N–C) groups is 1. The number of carbonyl (C=O) groups is 2. The third-order valence-electron chi connectivity index (χ3n) is 5.81. The summed E-state index contributed by atoms with van der Waals surface area (Å²) in [5, 5.41) is 15.3. The standard InChI is InChI=1S/C24H34N6O4/c1-4-6-7-9-25-22-18-14-34-15-20(18)28-21(29-22)13-30-10-8-17(12-30)27-23(31)19(5-2)26-11-16(3)24(32)33/h5,11,17H,3-4,6-10,12-15H2,1-2H3,(H,27,31)(H,32,33)(H,25,28,29)/b19-5-,26-11?. The lowest BCUT2D eigenvalue weighted by atomic mass is 10.2. The molecule has 0 aromatic carbocycles. The number of nitrogens with zero attached hydrogens (tertiary/aromatic N) is 4. The van der Waals surface area contributed by atoms with Crippen molar-refractivity contribution < 1.29 is 19.4 Å². The fraction of sp³-hybridized carbons (Fsp3) is 0.542. The van der Waals surface area contributed by atoms with Gasteiger partial charge in [-0.1, -0.05) is 32.4 Å². The van der Waals surface area contributed by atoms with Gasteiger partial charge in [-0.15, -0.1) is 0 Å². The summed E-state index contributed by atoms with van der Waals surface area (Å²) in [6.45, 7) is 11.3. The highest BCUT2D eigenvalue weighted by atomic mass is 16.5. The minimum atomic E-state index is -1.18. The first-order chi connectivity index (χ1) is 16.4. The van der Waals surface area contributed by atoms with Crippen molar-refractivity contribution in [1.82, 2.24) is 20.2 Å². The van der Waals surface area contributed by atoms with Gasteiger partial charge in [-0.05, 0) is 19.8 Å². The lowest BCUT2D eigenvalue weighted by Crippen LogP contribution is -2.37. The number of nitrogens with one attached hydrogen (secondary N) is 2. The van der Waals surface area contributed by atoms with Crippen molar-refractivity contribution in [3.8, 4) is 0 Å². The van der Waals surface area contributed by atoms with Gasteiger partial charge in [0.25, 0.3) is 5.91 Å². The average Bonchev–Trinajstić information content (AvgIpc) is 3.46. The van der Waals surface area contributed by atoms with Gasteiger partial charge in [-0.25, -0.2) is 14.8 Å². The molecule has 1 aromatic rings. The van der Waals surface area contributed by atoms with Gasteiger partial charge < -0.3 is 20.5 Å². The topological polar surface area (TPSA) is 129 Å². The lowest BCUT2D eigenvalue weighted by molar-refractivity contribution is -0.132. The minimum absolute atomic E-state index is 0.0373. The fourth-order valence-corrected chi connectivity index (χ4v) is 3.92. The summed E-state index contributed by atoms with van der Waals surface area (Å²) in [6.07, 6.45) is 6.87. The summed E-state index contributed by atoms with van der Waals surface area (Å²) >= 11 is 0. The number of carboxylic acid groups (broad SMARTS) is 1. The maximum absolute atomic E-state index is 12.6. The fourth-order valence-electron chi connectivity index (χ4n) is 3.92. The Morgan fingerprint density at radius 2 is 2.15 bits per heavy atom. The van der Waals surface area contributed by atoms with Crippen molar-refractivity contribution in [2.24, 2.45) is 4.99 Å². The van der Waals surface area contributed by atoms with Crippen LogP contribution in [-0.4, -0.2) is 63.7 Å². The zero-order valence-electron chi connectivity index (χ0n) is 20.0. The van der Waals surface area contributed by atoms with Crippen LogP contribution in [0.2, 0.25) is 0 Å². The van der Waals surface area contributed by atoms with Crippen LogP contribution in [0.4, 0.5) is 5.82 Å². The van der Waals surface area contributed by atoms with Gasteiger partial charge in [0.15, 0.2) is 0 Å². The van der Waals surface area contributed by atoms with Crippen molar-refractivity contribution in [3.63, 3.8) is 0 Å². The molecule has 1 atom stereocenters. The number of ether oxygens (including phenoxy) is 1. The number of allylic oxidation sites excluding steroid dienone is 1. The monoisotopic (exact) mass is 470 g/mol. The number of fused-ring (bicyclic) bond motifs is 1. The number of hydrogen-bond donors (Lipinski definition) is 3. The highest BCUT2D eigenvalue weighted by Crippen LogP contribution is 2.25. The predicted molar refractivity (Wildman–Crippen MR) is 129 cm³/mol. The van der Waals surface area contributed by atoms with Crippen LogP contribution in [0.1, 0.15) is 56.6 Å². The van der Waals surface area contributed by atoms with Crippen LogP contribution in [0.5, 0.6) is 0 Å². The van der Waals surface area contributed by atoms with Crippen LogP contribution in [0.3, 0.4) is 0 Å². The number of carboxylic acids is 1. The second-order valence-electron chi connectivity index (χ2n) is 8.50. The van der Waals surface area contributed by atoms with Crippen molar-refractivity contribution >= 4 is 23.9 Å². The second kappa shape index (κ2) is 12.4. The van der Waals surface area contributed by atoms with Crippen LogP contribution >= 0.6 is 0 Å². The van der Waals surface area contributed by atoms with Crippen molar-refractivity contribution in [2.75, 3.05) is 25.0 Å². The Labute approximate surface area is 200 Å². The zero-order valence-corrected chi connectivity index (χ0v) is 20.0. The number of aliphatic carboxylic acids is 1. The Kier molecular flexibility index (Phi) is 9.29. The van der Waals surface area contributed by atoms with Crippen LogP contribution < -0.4 is 10.6 Å². The highest BCUT2D eigenvalue weighted by molar-refractivity contribution is 6.09. The number of rotatable bonds is 12. The molecular weight excluding hydrogens is 436 g/mol. The molecule has 184 valence electrons. The summed E-state index contributed by atoms with van der Waals surface area (Å²) in [6, 6.07) is -0.0373. The van der Waals surface area contributed by atoms with Crippen LogP contribution in [0.15, 0.2) is 28.9 Å². The molecule has 2 aliphatic heterocycles. The SMILES string of the molecule is C=C(C=N/C(=C\C)C(=O)NC1CCN(Cc2nc3c(c(NCCCCC)n2)COC3)C1)C(=O)O. The number of likely N-dealkylation sites (tertiary alicyclic amines) is 1. The van der Waals surface area contributed by atoms with Gasteiger partial charge >= 0.3 is 5.97 Å². The molecule has 10 nitrogen and oxygen atoms in total. The second-order valence-corrected chi connectivity index (χ2v) is 8.50. The van der Waals surface area contributed by atoms with E-state index in [1.807, 2.05) is 0 Å². The van der Waals surface area contributed by atoms with E-state index in [1.54, 1.807) is 13.0 Å². The molecule has 1 fully saturated rings. The first-order valence-corrected chi connectivity index (χ1v) is 11.8. The van der Waals surface area contributed by atoms with E-state index in [4.69, 9.17) is 19.8 Å². The van der Waals surface area contributed by atoms with E-state index >= 15 is 0 Å². The largest absolute Gasteiger partial charge is 0.478 e. The number of unbranched alkanes of at least 4 members (excludes halogenated alkanes) is 2. The zero-order chi connectivity index (χ0) is 24.5. The number of anilines is 1. The Bertz CT molecular complexity index is 974. The first-order valence-electron chi connectivity index (χ1n) is 11.8. The summed E-state index contributed by atoms with van der Waals surface area (Å²) in [7, 11) is 0. The predicted octanol–water partition coefficient (Wildman–Crippen LogP) is 2.41. The quantitative estimate of drug-likeness (QED) is 0.241. The minimum Gasteiger partial charge on any atom is -0.478 e. The van der Waals surface area contributed by atoms with E-state index in [0.29, 0.717) is 26.3 Å². The van der Waals surface area contributed by atoms with E-state index in [0.717, 1.165) is 55.0 Å². The van der Waals surface area contributed by atoms with Crippen molar-refractivity contribution in [3.05, 3.63) is 41.0 Å². The average molecular weight is 471 g/mol. The Morgan fingerprint density at radius 1 is 1.32 bits per heavy atom. The summed E-state index contributed by atoms with van der Waals surface area (Å²) in [5.41, 5.74) is 1.97. The van der Waals surface area contributed by atoms with Gasteiger partial charge in [-0.3, -0.25) is 14.7 Å². The smallest absolute Gasteiger partial charge is 0.336 e. The molecule has 3 rings (SSSR count). The molecule has 34 heavy (non-hydrogen) atoms.